The first-order valence-corrected chi connectivity index (χ1v) is 4.73. The molecule has 0 spiro atoms. The van der Waals surface area contributed by atoms with Crippen molar-refractivity contribution in [2.24, 2.45) is 0 Å². The molecular formula is C8H3BrF5NO2. The van der Waals surface area contributed by atoms with E-state index in [1.54, 1.807) is 0 Å². The van der Waals surface area contributed by atoms with Gasteiger partial charge in [0.05, 0.1) is 5.56 Å². The van der Waals surface area contributed by atoms with Gasteiger partial charge in [-0.2, -0.15) is 13.2 Å². The van der Waals surface area contributed by atoms with Crippen LogP contribution in [0.2, 0.25) is 0 Å². The Labute approximate surface area is 99.4 Å². The van der Waals surface area contributed by atoms with Crippen LogP contribution < -0.4 is 0 Å². The lowest BCUT2D eigenvalue weighted by molar-refractivity contribution is -0.141. The Bertz CT molecular complexity index is 460. The van der Waals surface area contributed by atoms with Crippen molar-refractivity contribution >= 4 is 21.9 Å². The van der Waals surface area contributed by atoms with Crippen LogP contribution in [-0.4, -0.2) is 16.1 Å². The first kappa shape index (κ1) is 13.8. The SMILES string of the molecule is O=C(O)c1nc(C(F)(F)F)c(Br)cc1C(F)F. The molecule has 0 atom stereocenters. The molecule has 1 aromatic rings. The van der Waals surface area contributed by atoms with Crippen LogP contribution in [0.5, 0.6) is 0 Å². The predicted octanol–water partition coefficient (Wildman–Crippen LogP) is 3.50. The highest BCUT2D eigenvalue weighted by Crippen LogP contribution is 2.36. The minimum absolute atomic E-state index is 0.407. The van der Waals surface area contributed by atoms with E-state index < -0.39 is 40.0 Å². The van der Waals surface area contributed by atoms with E-state index in [1.807, 2.05) is 0 Å². The summed E-state index contributed by atoms with van der Waals surface area (Å²) in [5.74, 6) is -1.95. The number of nitrogens with zero attached hydrogens (tertiary/aromatic N) is 1. The summed E-state index contributed by atoms with van der Waals surface area (Å²) in [4.78, 5) is 13.3. The Balaban J connectivity index is 3.51. The number of aromatic nitrogens is 1. The molecule has 0 bridgehead atoms. The Morgan fingerprint density at radius 2 is 1.94 bits per heavy atom. The van der Waals surface area contributed by atoms with Gasteiger partial charge in [-0.25, -0.2) is 18.6 Å². The number of hydrogen-bond donors (Lipinski definition) is 1. The summed E-state index contributed by atoms with van der Waals surface area (Å²) in [6.07, 6.45) is -8.16. The molecule has 0 saturated heterocycles. The van der Waals surface area contributed by atoms with Crippen molar-refractivity contribution < 1.29 is 31.9 Å². The number of hydrogen-bond acceptors (Lipinski definition) is 2. The maximum absolute atomic E-state index is 12.4. The normalized spacial score (nSPS) is 11.9. The standard InChI is InChI=1S/C8H3BrF5NO2/c9-3-1-2(6(10)11)4(7(16)17)15-5(3)8(12,13)14/h1,6H,(H,16,17). The number of carbonyl (C=O) groups is 1. The zero-order valence-electron chi connectivity index (χ0n) is 7.73. The highest BCUT2D eigenvalue weighted by atomic mass is 79.9. The first-order valence-electron chi connectivity index (χ1n) is 3.93. The molecular weight excluding hydrogens is 317 g/mol. The van der Waals surface area contributed by atoms with Gasteiger partial charge in [0, 0.05) is 4.47 Å². The Kier molecular flexibility index (Phi) is 3.70. The van der Waals surface area contributed by atoms with E-state index in [2.05, 4.69) is 20.9 Å². The van der Waals surface area contributed by atoms with Crippen LogP contribution in [-0.2, 0) is 6.18 Å². The highest BCUT2D eigenvalue weighted by molar-refractivity contribution is 9.10. The van der Waals surface area contributed by atoms with E-state index in [-0.39, 0.29) is 0 Å². The van der Waals surface area contributed by atoms with Gasteiger partial charge in [0.25, 0.3) is 6.43 Å². The van der Waals surface area contributed by atoms with Gasteiger partial charge in [0.15, 0.2) is 11.4 Å². The van der Waals surface area contributed by atoms with Crippen molar-refractivity contribution in [1.82, 2.24) is 4.98 Å². The molecule has 94 valence electrons. The van der Waals surface area contributed by atoms with Crippen molar-refractivity contribution in [3.8, 4) is 0 Å². The summed E-state index contributed by atoms with van der Waals surface area (Å²) in [6.45, 7) is 0. The maximum Gasteiger partial charge on any atom is 0.434 e. The second-order valence-electron chi connectivity index (χ2n) is 2.86. The largest absolute Gasteiger partial charge is 0.476 e. The van der Waals surface area contributed by atoms with E-state index in [0.29, 0.717) is 6.07 Å². The topological polar surface area (TPSA) is 50.2 Å². The van der Waals surface area contributed by atoms with Gasteiger partial charge in [0.1, 0.15) is 0 Å². The number of alkyl halides is 5. The van der Waals surface area contributed by atoms with E-state index in [1.165, 1.54) is 0 Å². The van der Waals surface area contributed by atoms with Crippen LogP contribution in [0.4, 0.5) is 22.0 Å². The number of halogens is 6. The monoisotopic (exact) mass is 319 g/mol. The van der Waals surface area contributed by atoms with E-state index >= 15 is 0 Å². The smallest absolute Gasteiger partial charge is 0.434 e. The number of carboxylic acids is 1. The van der Waals surface area contributed by atoms with Gasteiger partial charge in [-0.1, -0.05) is 0 Å². The fourth-order valence-electron chi connectivity index (χ4n) is 1.04. The van der Waals surface area contributed by atoms with Crippen LogP contribution in [0, 0.1) is 0 Å². The summed E-state index contributed by atoms with van der Waals surface area (Å²) in [5, 5.41) is 8.52. The van der Waals surface area contributed by atoms with Gasteiger partial charge < -0.3 is 5.11 Å². The Morgan fingerprint density at radius 1 is 1.41 bits per heavy atom. The quantitative estimate of drug-likeness (QED) is 0.849. The zero-order chi connectivity index (χ0) is 13.4. The van der Waals surface area contributed by atoms with Crippen molar-refractivity contribution in [2.75, 3.05) is 0 Å². The molecule has 0 saturated carbocycles. The second kappa shape index (κ2) is 4.55. The van der Waals surface area contributed by atoms with Crippen molar-refractivity contribution in [2.45, 2.75) is 12.6 Å². The third-order valence-electron chi connectivity index (χ3n) is 1.71. The van der Waals surface area contributed by atoms with Crippen LogP contribution in [0.15, 0.2) is 10.5 Å². The number of aromatic carboxylic acids is 1. The number of carboxylic acid groups (broad SMARTS) is 1. The molecule has 0 aliphatic carbocycles. The third-order valence-corrected chi connectivity index (χ3v) is 2.32. The molecule has 0 amide bonds. The fraction of sp³-hybridized carbons (Fsp3) is 0.250. The Hall–Kier alpha value is -1.25. The van der Waals surface area contributed by atoms with Gasteiger partial charge in [-0.15, -0.1) is 0 Å². The molecule has 0 radical (unpaired) electrons. The molecule has 1 aromatic heterocycles. The lowest BCUT2D eigenvalue weighted by atomic mass is 10.1. The van der Waals surface area contributed by atoms with Gasteiger partial charge in [-0.05, 0) is 22.0 Å². The Morgan fingerprint density at radius 3 is 2.29 bits per heavy atom. The van der Waals surface area contributed by atoms with Crippen LogP contribution in [0.3, 0.4) is 0 Å². The van der Waals surface area contributed by atoms with Crippen LogP contribution in [0.25, 0.3) is 0 Å². The number of pyridine rings is 1. The van der Waals surface area contributed by atoms with E-state index in [0.717, 1.165) is 0 Å². The molecule has 1 rings (SSSR count). The van der Waals surface area contributed by atoms with Gasteiger partial charge in [-0.3, -0.25) is 0 Å². The molecule has 9 heteroatoms. The molecule has 0 aliphatic heterocycles. The van der Waals surface area contributed by atoms with Crippen LogP contribution in [0.1, 0.15) is 28.2 Å². The van der Waals surface area contributed by atoms with E-state index in [4.69, 9.17) is 5.11 Å². The highest BCUT2D eigenvalue weighted by Gasteiger charge is 2.37. The van der Waals surface area contributed by atoms with Crippen LogP contribution >= 0.6 is 15.9 Å². The lowest BCUT2D eigenvalue weighted by Gasteiger charge is -2.11. The average molecular weight is 320 g/mol. The molecule has 0 unspecified atom stereocenters. The van der Waals surface area contributed by atoms with Crippen molar-refractivity contribution in [3.05, 3.63) is 27.5 Å². The molecule has 1 N–H and O–H groups in total. The summed E-state index contributed by atoms with van der Waals surface area (Å²) in [6, 6.07) is 0.407. The molecule has 3 nitrogen and oxygen atoms in total. The summed E-state index contributed by atoms with van der Waals surface area (Å²) in [5.41, 5.74) is -3.94. The number of rotatable bonds is 2. The molecule has 0 aliphatic rings. The summed E-state index contributed by atoms with van der Waals surface area (Å²) < 4.78 is 61.1. The lowest BCUT2D eigenvalue weighted by Crippen LogP contribution is -2.15. The van der Waals surface area contributed by atoms with E-state index in [9.17, 15) is 26.7 Å². The fourth-order valence-corrected chi connectivity index (χ4v) is 1.60. The molecule has 0 aromatic carbocycles. The third kappa shape index (κ3) is 2.90. The summed E-state index contributed by atoms with van der Waals surface area (Å²) in [7, 11) is 0. The first-order chi connectivity index (χ1) is 7.64. The van der Waals surface area contributed by atoms with Gasteiger partial charge in [0.2, 0.25) is 0 Å². The average Bonchev–Trinajstić information content (AvgIpc) is 2.14. The second-order valence-corrected chi connectivity index (χ2v) is 3.71. The van der Waals surface area contributed by atoms with Crippen molar-refractivity contribution in [3.63, 3.8) is 0 Å². The molecule has 17 heavy (non-hydrogen) atoms. The predicted molar refractivity (Wildman–Crippen MR) is 48.9 cm³/mol. The minimum atomic E-state index is -4.93. The molecule has 0 fully saturated rings. The van der Waals surface area contributed by atoms with Gasteiger partial charge >= 0.3 is 12.1 Å². The minimum Gasteiger partial charge on any atom is -0.476 e. The van der Waals surface area contributed by atoms with Crippen molar-refractivity contribution in [1.29, 1.82) is 0 Å². The maximum atomic E-state index is 12.4. The zero-order valence-corrected chi connectivity index (χ0v) is 9.31. The molecule has 1 heterocycles. The summed E-state index contributed by atoms with van der Waals surface area (Å²) >= 11 is 2.43.